The van der Waals surface area contributed by atoms with Crippen LogP contribution in [0.2, 0.25) is 0 Å². The van der Waals surface area contributed by atoms with Crippen LogP contribution in [0.1, 0.15) is 32.6 Å². The van der Waals surface area contributed by atoms with Crippen molar-refractivity contribution < 1.29 is 4.79 Å². The molecule has 2 heterocycles. The number of hydrogen-bond donors (Lipinski definition) is 2. The monoisotopic (exact) mass is 218 g/mol. The van der Waals surface area contributed by atoms with Crippen molar-refractivity contribution in [3.63, 3.8) is 0 Å². The van der Waals surface area contributed by atoms with Crippen LogP contribution in [0.4, 0.5) is 0 Å². The molecule has 2 rings (SSSR count). The van der Waals surface area contributed by atoms with Crippen molar-refractivity contribution in [2.24, 2.45) is 5.92 Å². The van der Waals surface area contributed by atoms with Crippen LogP contribution < -0.4 is 10.6 Å². The second-order valence-corrected chi connectivity index (χ2v) is 4.41. The van der Waals surface area contributed by atoms with Crippen molar-refractivity contribution in [3.05, 3.63) is 0 Å². The van der Waals surface area contributed by atoms with E-state index in [4.69, 9.17) is 0 Å². The molecule has 2 aliphatic heterocycles. The van der Waals surface area contributed by atoms with E-state index in [0.717, 1.165) is 18.6 Å². The molecule has 2 aliphatic rings. The van der Waals surface area contributed by atoms with E-state index in [-0.39, 0.29) is 18.3 Å². The maximum Gasteiger partial charge on any atom is 0.216 e. The molecule has 2 bridgehead atoms. The Bertz CT molecular complexity index is 198. The summed E-state index contributed by atoms with van der Waals surface area (Å²) in [5.41, 5.74) is 0. The number of carbonyl (C=O) groups is 1. The molecule has 1 amide bonds. The molecule has 4 heteroatoms. The van der Waals surface area contributed by atoms with Gasteiger partial charge >= 0.3 is 0 Å². The zero-order valence-corrected chi connectivity index (χ0v) is 9.40. The van der Waals surface area contributed by atoms with Crippen LogP contribution in [-0.4, -0.2) is 24.5 Å². The Morgan fingerprint density at radius 2 is 1.93 bits per heavy atom. The standard InChI is InChI=1S/C10H18N2O.ClH/c1-7(13)11-6-8-4-9-2-3-10(5-8)12-9;/h8-10,12H,2-6H2,1H3,(H,11,13);1H/t8?,9-,10+;. The van der Waals surface area contributed by atoms with Crippen molar-refractivity contribution in [2.75, 3.05) is 6.54 Å². The minimum Gasteiger partial charge on any atom is -0.356 e. The molecule has 0 saturated carbocycles. The highest BCUT2D eigenvalue weighted by atomic mass is 35.5. The highest BCUT2D eigenvalue weighted by Gasteiger charge is 2.33. The molecule has 2 N–H and O–H groups in total. The fourth-order valence-electron chi connectivity index (χ4n) is 2.63. The van der Waals surface area contributed by atoms with Gasteiger partial charge in [0, 0.05) is 25.6 Å². The van der Waals surface area contributed by atoms with Crippen molar-refractivity contribution in [3.8, 4) is 0 Å². The Morgan fingerprint density at radius 3 is 2.43 bits per heavy atom. The number of amides is 1. The van der Waals surface area contributed by atoms with Gasteiger partial charge in [0.25, 0.3) is 0 Å². The van der Waals surface area contributed by atoms with E-state index in [9.17, 15) is 4.79 Å². The van der Waals surface area contributed by atoms with Crippen LogP contribution in [0, 0.1) is 5.92 Å². The van der Waals surface area contributed by atoms with Gasteiger partial charge in [-0.3, -0.25) is 4.79 Å². The summed E-state index contributed by atoms with van der Waals surface area (Å²) >= 11 is 0. The molecular weight excluding hydrogens is 200 g/mol. The van der Waals surface area contributed by atoms with Crippen LogP contribution in [-0.2, 0) is 4.79 Å². The first-order valence-electron chi connectivity index (χ1n) is 5.24. The van der Waals surface area contributed by atoms with Crippen molar-refractivity contribution in [1.82, 2.24) is 10.6 Å². The van der Waals surface area contributed by atoms with Gasteiger partial charge in [0.15, 0.2) is 0 Å². The molecule has 0 aliphatic carbocycles. The third-order valence-electron chi connectivity index (χ3n) is 3.21. The Morgan fingerprint density at radius 1 is 1.36 bits per heavy atom. The number of rotatable bonds is 2. The highest BCUT2D eigenvalue weighted by molar-refractivity contribution is 5.85. The minimum absolute atomic E-state index is 0. The predicted molar refractivity (Wildman–Crippen MR) is 58.6 cm³/mol. The molecule has 2 fully saturated rings. The summed E-state index contributed by atoms with van der Waals surface area (Å²) in [4.78, 5) is 10.7. The Hall–Kier alpha value is -0.280. The lowest BCUT2D eigenvalue weighted by Gasteiger charge is -2.28. The van der Waals surface area contributed by atoms with Crippen molar-refractivity contribution >= 4 is 18.3 Å². The fourth-order valence-corrected chi connectivity index (χ4v) is 2.63. The second-order valence-electron chi connectivity index (χ2n) is 4.41. The molecule has 0 aromatic heterocycles. The van der Waals surface area contributed by atoms with Gasteiger partial charge in [0.1, 0.15) is 0 Å². The average molecular weight is 219 g/mol. The molecule has 0 spiro atoms. The zero-order valence-electron chi connectivity index (χ0n) is 8.58. The SMILES string of the molecule is CC(=O)NCC1C[C@H]2CC[C@@H](C1)N2.Cl. The predicted octanol–water partition coefficient (Wildman–Crippen LogP) is 1.07. The van der Waals surface area contributed by atoms with Gasteiger partial charge in [-0.2, -0.15) is 0 Å². The quantitative estimate of drug-likeness (QED) is 0.728. The van der Waals surface area contributed by atoms with Crippen LogP contribution in [0.3, 0.4) is 0 Å². The molecule has 14 heavy (non-hydrogen) atoms. The summed E-state index contributed by atoms with van der Waals surface area (Å²) in [6.45, 7) is 2.47. The van der Waals surface area contributed by atoms with Crippen LogP contribution in [0.5, 0.6) is 0 Å². The molecule has 3 nitrogen and oxygen atoms in total. The van der Waals surface area contributed by atoms with Gasteiger partial charge in [0.05, 0.1) is 0 Å². The first-order chi connectivity index (χ1) is 6.24. The van der Waals surface area contributed by atoms with Gasteiger partial charge in [-0.25, -0.2) is 0 Å². The molecule has 2 saturated heterocycles. The lowest BCUT2D eigenvalue weighted by atomic mass is 9.92. The van der Waals surface area contributed by atoms with Crippen LogP contribution >= 0.6 is 12.4 Å². The van der Waals surface area contributed by atoms with E-state index < -0.39 is 0 Å². The summed E-state index contributed by atoms with van der Waals surface area (Å²) in [7, 11) is 0. The second kappa shape index (κ2) is 4.99. The lowest BCUT2D eigenvalue weighted by Crippen LogP contribution is -2.41. The van der Waals surface area contributed by atoms with Gasteiger partial charge < -0.3 is 10.6 Å². The number of nitrogens with one attached hydrogen (secondary N) is 2. The summed E-state index contributed by atoms with van der Waals surface area (Å²) in [6.07, 6.45) is 5.16. The molecule has 0 radical (unpaired) electrons. The zero-order chi connectivity index (χ0) is 9.26. The van der Waals surface area contributed by atoms with E-state index in [1.807, 2.05) is 0 Å². The molecule has 82 valence electrons. The first kappa shape index (κ1) is 11.8. The number of carbonyl (C=O) groups excluding carboxylic acids is 1. The molecular formula is C10H19ClN2O. The largest absolute Gasteiger partial charge is 0.356 e. The summed E-state index contributed by atoms with van der Waals surface area (Å²) in [5, 5.41) is 6.51. The number of fused-ring (bicyclic) bond motifs is 2. The number of piperidine rings is 1. The summed E-state index contributed by atoms with van der Waals surface area (Å²) in [5.74, 6) is 0.813. The van der Waals surface area contributed by atoms with Gasteiger partial charge in [-0.1, -0.05) is 0 Å². The molecule has 0 aromatic carbocycles. The van der Waals surface area contributed by atoms with E-state index in [2.05, 4.69) is 10.6 Å². The smallest absolute Gasteiger partial charge is 0.216 e. The van der Waals surface area contributed by atoms with Crippen molar-refractivity contribution in [1.29, 1.82) is 0 Å². The Labute approximate surface area is 91.4 Å². The van der Waals surface area contributed by atoms with Crippen LogP contribution in [0.15, 0.2) is 0 Å². The normalized spacial score (nSPS) is 34.8. The highest BCUT2D eigenvalue weighted by Crippen LogP contribution is 2.30. The van der Waals surface area contributed by atoms with Crippen molar-refractivity contribution in [2.45, 2.75) is 44.7 Å². The number of halogens is 1. The van der Waals surface area contributed by atoms with E-state index in [1.54, 1.807) is 6.92 Å². The third-order valence-corrected chi connectivity index (χ3v) is 3.21. The molecule has 3 atom stereocenters. The average Bonchev–Trinajstić information content (AvgIpc) is 2.42. The third kappa shape index (κ3) is 2.85. The van der Waals surface area contributed by atoms with E-state index in [1.165, 1.54) is 25.7 Å². The minimum atomic E-state index is 0. The topological polar surface area (TPSA) is 41.1 Å². The van der Waals surface area contributed by atoms with E-state index in [0.29, 0.717) is 5.92 Å². The lowest BCUT2D eigenvalue weighted by molar-refractivity contribution is -0.119. The first-order valence-corrected chi connectivity index (χ1v) is 5.24. The maximum absolute atomic E-state index is 10.7. The molecule has 0 aromatic rings. The van der Waals surface area contributed by atoms with Gasteiger partial charge in [-0.15, -0.1) is 12.4 Å². The van der Waals surface area contributed by atoms with E-state index >= 15 is 0 Å². The van der Waals surface area contributed by atoms with Gasteiger partial charge in [0.2, 0.25) is 5.91 Å². The Kier molecular flexibility index (Phi) is 4.20. The Balaban J connectivity index is 0.000000980. The number of hydrogen-bond acceptors (Lipinski definition) is 2. The summed E-state index contributed by atoms with van der Waals surface area (Å²) in [6, 6.07) is 1.47. The summed E-state index contributed by atoms with van der Waals surface area (Å²) < 4.78 is 0. The maximum atomic E-state index is 10.7. The fraction of sp³-hybridized carbons (Fsp3) is 0.900. The van der Waals surface area contributed by atoms with Gasteiger partial charge in [-0.05, 0) is 31.6 Å². The molecule has 1 unspecified atom stereocenters. The van der Waals surface area contributed by atoms with Crippen LogP contribution in [0.25, 0.3) is 0 Å².